The largest absolute Gasteiger partial charge is 0.455 e. The summed E-state index contributed by atoms with van der Waals surface area (Å²) >= 11 is 0. The lowest BCUT2D eigenvalue weighted by Gasteiger charge is -2.11. The summed E-state index contributed by atoms with van der Waals surface area (Å²) in [4.78, 5) is 0.0685. The molecular weight excluding hydrogens is 292 g/mol. The second-order valence-corrected chi connectivity index (χ2v) is 6.20. The third kappa shape index (κ3) is 3.52. The molecule has 0 radical (unpaired) electrons. The van der Waals surface area contributed by atoms with Gasteiger partial charge < -0.3 is 15.6 Å². The van der Waals surface area contributed by atoms with Gasteiger partial charge in [-0.25, -0.2) is 13.1 Å². The number of ether oxygens (including phenoxy) is 1. The number of nitrogen functional groups attached to an aromatic ring is 1. The normalized spacial score (nSPS) is 11.3. The van der Waals surface area contributed by atoms with Crippen molar-refractivity contribution in [2.24, 2.45) is 0 Å². The Morgan fingerprint density at radius 1 is 1.24 bits per heavy atom. The third-order valence-electron chi connectivity index (χ3n) is 2.87. The van der Waals surface area contributed by atoms with Gasteiger partial charge in [-0.2, -0.15) is 0 Å². The highest BCUT2D eigenvalue weighted by atomic mass is 32.2. The van der Waals surface area contributed by atoms with E-state index in [9.17, 15) is 8.42 Å². The summed E-state index contributed by atoms with van der Waals surface area (Å²) in [5, 5.41) is 9.08. The van der Waals surface area contributed by atoms with Gasteiger partial charge >= 0.3 is 0 Å². The topological polar surface area (TPSA) is 102 Å². The monoisotopic (exact) mass is 308 g/mol. The molecule has 0 saturated carbocycles. The van der Waals surface area contributed by atoms with Gasteiger partial charge in [0.15, 0.2) is 0 Å². The summed E-state index contributed by atoms with van der Waals surface area (Å²) in [6, 6.07) is 11.1. The molecular formula is C14H16N2O4S. The lowest BCUT2D eigenvalue weighted by molar-refractivity contribution is 0.281. The zero-order valence-corrected chi connectivity index (χ0v) is 12.2. The smallest absolute Gasteiger partial charge is 0.240 e. The molecule has 2 aromatic rings. The number of hydrogen-bond acceptors (Lipinski definition) is 5. The minimum absolute atomic E-state index is 0.0685. The predicted molar refractivity (Wildman–Crippen MR) is 79.5 cm³/mol. The number of nitrogens with one attached hydrogen (secondary N) is 1. The maximum Gasteiger partial charge on any atom is 0.240 e. The Kier molecular flexibility index (Phi) is 4.46. The van der Waals surface area contributed by atoms with Crippen molar-refractivity contribution in [1.29, 1.82) is 0 Å². The molecule has 7 heteroatoms. The second-order valence-electron chi connectivity index (χ2n) is 4.31. The first-order valence-corrected chi connectivity index (χ1v) is 7.65. The van der Waals surface area contributed by atoms with Gasteiger partial charge in [0.2, 0.25) is 10.0 Å². The Morgan fingerprint density at radius 2 is 2.00 bits per heavy atom. The van der Waals surface area contributed by atoms with Crippen LogP contribution in [0.15, 0.2) is 47.4 Å². The van der Waals surface area contributed by atoms with E-state index in [1.807, 2.05) is 0 Å². The first-order valence-electron chi connectivity index (χ1n) is 6.17. The first kappa shape index (κ1) is 15.3. The van der Waals surface area contributed by atoms with Crippen LogP contribution in [0.25, 0.3) is 0 Å². The van der Waals surface area contributed by atoms with Crippen LogP contribution in [0.5, 0.6) is 11.5 Å². The zero-order chi connectivity index (χ0) is 15.5. The summed E-state index contributed by atoms with van der Waals surface area (Å²) in [5.74, 6) is 0.859. The van der Waals surface area contributed by atoms with Crippen LogP contribution < -0.4 is 15.2 Å². The molecule has 112 valence electrons. The molecule has 0 atom stereocenters. The van der Waals surface area contributed by atoms with Crippen LogP contribution in [0, 0.1) is 0 Å². The Morgan fingerprint density at radius 3 is 2.62 bits per heavy atom. The molecule has 0 saturated heterocycles. The van der Waals surface area contributed by atoms with Crippen molar-refractivity contribution >= 4 is 15.7 Å². The molecule has 0 spiro atoms. The molecule has 0 aliphatic heterocycles. The van der Waals surface area contributed by atoms with E-state index in [1.54, 1.807) is 24.3 Å². The van der Waals surface area contributed by atoms with Gasteiger partial charge in [0.05, 0.1) is 17.2 Å². The molecule has 0 amide bonds. The van der Waals surface area contributed by atoms with Crippen molar-refractivity contribution in [2.75, 3.05) is 12.8 Å². The van der Waals surface area contributed by atoms with Crippen molar-refractivity contribution in [3.8, 4) is 11.5 Å². The van der Waals surface area contributed by atoms with Gasteiger partial charge in [0, 0.05) is 0 Å². The van der Waals surface area contributed by atoms with Gasteiger partial charge in [-0.05, 0) is 42.9 Å². The average molecular weight is 308 g/mol. The van der Waals surface area contributed by atoms with Gasteiger partial charge in [-0.3, -0.25) is 0 Å². The van der Waals surface area contributed by atoms with E-state index < -0.39 is 10.0 Å². The fourth-order valence-electron chi connectivity index (χ4n) is 1.74. The van der Waals surface area contributed by atoms with E-state index in [-0.39, 0.29) is 17.2 Å². The van der Waals surface area contributed by atoms with Gasteiger partial charge in [-0.15, -0.1) is 0 Å². The molecule has 0 unspecified atom stereocenters. The van der Waals surface area contributed by atoms with Gasteiger partial charge in [-0.1, -0.05) is 12.1 Å². The number of nitrogens with two attached hydrogens (primary N) is 1. The lowest BCUT2D eigenvalue weighted by atomic mass is 10.2. The molecule has 0 bridgehead atoms. The van der Waals surface area contributed by atoms with Crippen LogP contribution in [0.2, 0.25) is 0 Å². The molecule has 6 nitrogen and oxygen atoms in total. The highest BCUT2D eigenvalue weighted by Gasteiger charge is 2.13. The second kappa shape index (κ2) is 6.13. The summed E-state index contributed by atoms with van der Waals surface area (Å²) in [7, 11) is -2.21. The molecule has 0 fully saturated rings. The Labute approximate surface area is 123 Å². The third-order valence-corrected chi connectivity index (χ3v) is 4.28. The molecule has 4 N–H and O–H groups in total. The van der Waals surface area contributed by atoms with E-state index in [2.05, 4.69) is 4.72 Å². The van der Waals surface area contributed by atoms with Crippen LogP contribution in [0.1, 0.15) is 5.56 Å². The Balaban J connectivity index is 2.29. The molecule has 0 aliphatic carbocycles. The molecule has 0 aromatic heterocycles. The van der Waals surface area contributed by atoms with E-state index >= 15 is 0 Å². The van der Waals surface area contributed by atoms with Crippen molar-refractivity contribution in [2.45, 2.75) is 11.5 Å². The van der Waals surface area contributed by atoms with Crippen molar-refractivity contribution in [3.05, 3.63) is 48.0 Å². The Bertz CT molecular complexity index is 744. The van der Waals surface area contributed by atoms with E-state index in [4.69, 9.17) is 15.6 Å². The van der Waals surface area contributed by atoms with Crippen molar-refractivity contribution < 1.29 is 18.3 Å². The fraction of sp³-hybridized carbons (Fsp3) is 0.143. The number of hydrogen-bond donors (Lipinski definition) is 3. The lowest BCUT2D eigenvalue weighted by Crippen LogP contribution is -2.18. The van der Waals surface area contributed by atoms with Crippen LogP contribution in [0.4, 0.5) is 5.69 Å². The number of anilines is 1. The predicted octanol–water partition coefficient (Wildman–Crippen LogP) is 1.46. The minimum Gasteiger partial charge on any atom is -0.455 e. The average Bonchev–Trinajstić information content (AvgIpc) is 2.49. The summed E-state index contributed by atoms with van der Waals surface area (Å²) < 4.78 is 31.2. The number of aliphatic hydroxyl groups is 1. The van der Waals surface area contributed by atoms with Crippen molar-refractivity contribution in [3.63, 3.8) is 0 Å². The van der Waals surface area contributed by atoms with Crippen LogP contribution in [0.3, 0.4) is 0 Å². The molecule has 0 heterocycles. The number of benzene rings is 2. The zero-order valence-electron chi connectivity index (χ0n) is 11.4. The quantitative estimate of drug-likeness (QED) is 0.726. The first-order chi connectivity index (χ1) is 9.96. The fourth-order valence-corrected chi connectivity index (χ4v) is 2.50. The molecule has 0 aliphatic rings. The van der Waals surface area contributed by atoms with E-state index in [1.165, 1.54) is 25.2 Å². The summed E-state index contributed by atoms with van der Waals surface area (Å²) in [6.45, 7) is -0.0912. The summed E-state index contributed by atoms with van der Waals surface area (Å²) in [5.41, 5.74) is 6.74. The maximum atomic E-state index is 11.7. The Hall–Kier alpha value is -2.09. The molecule has 21 heavy (non-hydrogen) atoms. The molecule has 2 rings (SSSR count). The minimum atomic E-state index is -3.54. The number of sulfonamides is 1. The van der Waals surface area contributed by atoms with Crippen LogP contribution in [-0.4, -0.2) is 20.6 Å². The van der Waals surface area contributed by atoms with E-state index in [0.29, 0.717) is 17.1 Å². The van der Waals surface area contributed by atoms with Crippen molar-refractivity contribution in [1.82, 2.24) is 4.72 Å². The van der Waals surface area contributed by atoms with Crippen LogP contribution >= 0.6 is 0 Å². The SMILES string of the molecule is CNS(=O)(=O)c1ccc(Oc2cccc(CO)c2)c(N)c1. The highest BCUT2D eigenvalue weighted by Crippen LogP contribution is 2.29. The molecule has 2 aromatic carbocycles. The number of aliphatic hydroxyl groups excluding tert-OH is 1. The standard InChI is InChI=1S/C14H16N2O4S/c1-16-21(18,19)12-5-6-14(13(15)8-12)20-11-4-2-3-10(7-11)9-17/h2-8,16-17H,9,15H2,1H3. The number of rotatable bonds is 5. The van der Waals surface area contributed by atoms with Gasteiger partial charge in [0.25, 0.3) is 0 Å². The highest BCUT2D eigenvalue weighted by molar-refractivity contribution is 7.89. The van der Waals surface area contributed by atoms with Crippen LogP contribution in [-0.2, 0) is 16.6 Å². The summed E-state index contributed by atoms with van der Waals surface area (Å²) in [6.07, 6.45) is 0. The van der Waals surface area contributed by atoms with E-state index in [0.717, 1.165) is 0 Å². The van der Waals surface area contributed by atoms with Gasteiger partial charge in [0.1, 0.15) is 11.5 Å². The maximum absolute atomic E-state index is 11.7.